The van der Waals surface area contributed by atoms with E-state index >= 15 is 0 Å². The number of nitrogens with one attached hydrogen (secondary N) is 3. The number of aromatic nitrogens is 1. The number of rotatable bonds is 8. The van der Waals surface area contributed by atoms with E-state index in [9.17, 15) is 14.4 Å². The Morgan fingerprint density at radius 1 is 1.15 bits per heavy atom. The Morgan fingerprint density at radius 3 is 2.48 bits per heavy atom. The first-order chi connectivity index (χ1) is 15.5. The fourth-order valence-corrected chi connectivity index (χ4v) is 4.90. The van der Waals surface area contributed by atoms with Crippen molar-refractivity contribution in [1.82, 2.24) is 20.5 Å². The summed E-state index contributed by atoms with van der Waals surface area (Å²) >= 11 is 0. The summed E-state index contributed by atoms with van der Waals surface area (Å²) < 4.78 is 0. The quantitative estimate of drug-likeness (QED) is 0.145. The maximum Gasteiger partial charge on any atom is 0.233 e. The zero-order valence-corrected chi connectivity index (χ0v) is 21.2. The lowest BCUT2D eigenvalue weighted by molar-refractivity contribution is -0.140. The molecule has 4 atom stereocenters. The highest BCUT2D eigenvalue weighted by Crippen LogP contribution is 2.52. The van der Waals surface area contributed by atoms with E-state index in [1.807, 2.05) is 26.0 Å². The number of anilines is 1. The fraction of sp³-hybridized carbons (Fsp3) is 0.522. The van der Waals surface area contributed by atoms with E-state index in [0.717, 1.165) is 12.1 Å². The van der Waals surface area contributed by atoms with E-state index in [-0.39, 0.29) is 71.8 Å². The molecule has 9 nitrogen and oxygen atoms in total. The van der Waals surface area contributed by atoms with Crippen molar-refractivity contribution >= 4 is 53.5 Å². The molecule has 178 valence electrons. The van der Waals surface area contributed by atoms with Crippen LogP contribution in [0.1, 0.15) is 25.5 Å². The number of aliphatic imine (C=N–C) groups is 1. The summed E-state index contributed by atoms with van der Waals surface area (Å²) in [4.78, 5) is 47.7. The molecule has 2 fully saturated rings. The van der Waals surface area contributed by atoms with Crippen molar-refractivity contribution in [3.05, 3.63) is 36.0 Å². The summed E-state index contributed by atoms with van der Waals surface area (Å²) in [7, 11) is 0. The highest BCUT2D eigenvalue weighted by molar-refractivity contribution is 14.0. The normalized spacial score (nSPS) is 25.2. The lowest BCUT2D eigenvalue weighted by Crippen LogP contribution is -2.43. The van der Waals surface area contributed by atoms with Crippen LogP contribution >= 0.6 is 24.0 Å². The fourth-order valence-electron chi connectivity index (χ4n) is 4.90. The van der Waals surface area contributed by atoms with Crippen molar-refractivity contribution in [3.8, 4) is 0 Å². The van der Waals surface area contributed by atoms with Crippen LogP contribution in [-0.4, -0.2) is 59.7 Å². The molecule has 3 aliphatic rings. The van der Waals surface area contributed by atoms with E-state index in [1.54, 1.807) is 6.07 Å². The Morgan fingerprint density at radius 2 is 1.85 bits per heavy atom. The first-order valence-corrected chi connectivity index (χ1v) is 11.3. The molecule has 1 saturated heterocycles. The number of nitrogens with zero attached hydrogens (tertiary/aromatic N) is 3. The number of carbonyl (C=O) groups is 3. The van der Waals surface area contributed by atoms with Crippen LogP contribution in [0.4, 0.5) is 5.82 Å². The summed E-state index contributed by atoms with van der Waals surface area (Å²) in [6, 6.07) is 5.45. The van der Waals surface area contributed by atoms with E-state index in [2.05, 4.69) is 38.1 Å². The molecule has 2 aliphatic carbocycles. The largest absolute Gasteiger partial charge is 0.357 e. The summed E-state index contributed by atoms with van der Waals surface area (Å²) in [6.45, 7) is 5.49. The lowest BCUT2D eigenvalue weighted by Gasteiger charge is -2.18. The van der Waals surface area contributed by atoms with Gasteiger partial charge >= 0.3 is 0 Å². The number of halogens is 1. The minimum Gasteiger partial charge on any atom is -0.357 e. The Hall–Kier alpha value is -2.50. The molecule has 1 aliphatic heterocycles. The van der Waals surface area contributed by atoms with Gasteiger partial charge in [-0.25, -0.2) is 4.98 Å². The van der Waals surface area contributed by atoms with Gasteiger partial charge in [0, 0.05) is 31.7 Å². The molecule has 1 saturated carbocycles. The van der Waals surface area contributed by atoms with Crippen LogP contribution in [0.2, 0.25) is 0 Å². The van der Waals surface area contributed by atoms with Crippen molar-refractivity contribution in [2.45, 2.75) is 26.7 Å². The number of carbonyl (C=O) groups excluding carboxylic acids is 3. The molecule has 2 bridgehead atoms. The molecule has 4 rings (SSSR count). The summed E-state index contributed by atoms with van der Waals surface area (Å²) in [5.41, 5.74) is 0.835. The Balaban J connectivity index is 0.00000306. The van der Waals surface area contributed by atoms with Gasteiger partial charge in [-0.15, -0.1) is 24.0 Å². The van der Waals surface area contributed by atoms with E-state index in [4.69, 9.17) is 0 Å². The number of aryl methyl sites for hydroxylation is 1. The molecule has 33 heavy (non-hydrogen) atoms. The van der Waals surface area contributed by atoms with Crippen LogP contribution in [0.5, 0.6) is 0 Å². The topological polar surface area (TPSA) is 116 Å². The molecule has 0 aromatic carbocycles. The number of amides is 3. The average molecular weight is 566 g/mol. The standard InChI is InChI=1S/C23H30N6O3.HI/c1-3-24-23(25-10-9-18(30)28-17-6-4-5-14(2)27-17)26-11-12-29-21(31)19-15-7-8-16(13-15)20(19)22(29)32;/h4-8,15-16,19-20H,3,9-13H2,1-2H3,(H2,24,25,26)(H,27,28,30);1H. The van der Waals surface area contributed by atoms with Gasteiger partial charge in [0.2, 0.25) is 17.7 Å². The van der Waals surface area contributed by atoms with Crippen molar-refractivity contribution in [1.29, 1.82) is 0 Å². The second-order valence-corrected chi connectivity index (χ2v) is 8.48. The van der Waals surface area contributed by atoms with Crippen molar-refractivity contribution < 1.29 is 14.4 Å². The van der Waals surface area contributed by atoms with Crippen LogP contribution < -0.4 is 16.0 Å². The third-order valence-corrected chi connectivity index (χ3v) is 6.30. The van der Waals surface area contributed by atoms with Gasteiger partial charge in [-0.3, -0.25) is 24.3 Å². The van der Waals surface area contributed by atoms with Crippen molar-refractivity contribution in [3.63, 3.8) is 0 Å². The predicted octanol–water partition coefficient (Wildman–Crippen LogP) is 1.70. The molecule has 10 heteroatoms. The van der Waals surface area contributed by atoms with E-state index < -0.39 is 0 Å². The zero-order chi connectivity index (χ0) is 22.7. The third-order valence-electron chi connectivity index (χ3n) is 6.30. The van der Waals surface area contributed by atoms with Crippen LogP contribution in [0.15, 0.2) is 35.3 Å². The second kappa shape index (κ2) is 11.1. The first kappa shape index (κ1) is 25.1. The highest BCUT2D eigenvalue weighted by Gasteiger charge is 2.58. The zero-order valence-electron chi connectivity index (χ0n) is 18.9. The Labute approximate surface area is 210 Å². The Kier molecular flexibility index (Phi) is 8.44. The van der Waals surface area contributed by atoms with Gasteiger partial charge in [0.25, 0.3) is 0 Å². The second-order valence-electron chi connectivity index (χ2n) is 8.48. The lowest BCUT2D eigenvalue weighted by atomic mass is 9.85. The molecular weight excluding hydrogens is 535 g/mol. The van der Waals surface area contributed by atoms with Gasteiger partial charge in [-0.1, -0.05) is 18.2 Å². The maximum atomic E-state index is 12.8. The minimum atomic E-state index is -0.166. The first-order valence-electron chi connectivity index (χ1n) is 11.3. The number of guanidine groups is 1. The summed E-state index contributed by atoms with van der Waals surface area (Å²) in [5.74, 6) is 0.947. The van der Waals surface area contributed by atoms with Gasteiger partial charge in [-0.2, -0.15) is 0 Å². The average Bonchev–Trinajstić information content (AvgIpc) is 3.43. The predicted molar refractivity (Wildman–Crippen MR) is 136 cm³/mol. The number of pyridine rings is 1. The van der Waals surface area contributed by atoms with Gasteiger partial charge in [-0.05, 0) is 44.2 Å². The van der Waals surface area contributed by atoms with Gasteiger partial charge < -0.3 is 16.0 Å². The maximum absolute atomic E-state index is 12.8. The molecule has 3 amide bonds. The monoisotopic (exact) mass is 566 g/mol. The van der Waals surface area contributed by atoms with Crippen LogP contribution in [-0.2, 0) is 14.4 Å². The number of hydrogen-bond acceptors (Lipinski definition) is 5. The molecule has 0 spiro atoms. The number of allylic oxidation sites excluding steroid dienone is 2. The minimum absolute atomic E-state index is 0. The van der Waals surface area contributed by atoms with Crippen molar-refractivity contribution in [2.75, 3.05) is 31.5 Å². The van der Waals surface area contributed by atoms with Crippen molar-refractivity contribution in [2.24, 2.45) is 28.7 Å². The van der Waals surface area contributed by atoms with Crippen LogP contribution in [0.25, 0.3) is 0 Å². The molecule has 0 radical (unpaired) electrons. The smallest absolute Gasteiger partial charge is 0.233 e. The third kappa shape index (κ3) is 5.53. The summed E-state index contributed by atoms with van der Waals surface area (Å²) in [5, 5.41) is 9.04. The highest BCUT2D eigenvalue weighted by atomic mass is 127. The van der Waals surface area contributed by atoms with Gasteiger partial charge in [0.1, 0.15) is 5.82 Å². The summed E-state index contributed by atoms with van der Waals surface area (Å²) in [6.07, 6.45) is 5.35. The van der Waals surface area contributed by atoms with Gasteiger partial charge in [0.05, 0.1) is 18.4 Å². The Bertz CT molecular complexity index is 935. The number of hydrogen-bond donors (Lipinski definition) is 3. The number of likely N-dealkylation sites (tertiary alicyclic amines) is 1. The SMILES string of the molecule is CCNC(=NCCC(=O)Nc1cccc(C)n1)NCCN1C(=O)C2C3C=CC(C3)C2C1=O.I. The molecular formula is C23H31IN6O3. The molecule has 2 heterocycles. The molecule has 4 unspecified atom stereocenters. The molecule has 3 N–H and O–H groups in total. The van der Waals surface area contributed by atoms with Crippen LogP contribution in [0, 0.1) is 30.6 Å². The number of imide groups is 1. The van der Waals surface area contributed by atoms with E-state index in [1.165, 1.54) is 4.90 Å². The number of fused-ring (bicyclic) bond motifs is 5. The van der Waals surface area contributed by atoms with Crippen LogP contribution in [0.3, 0.4) is 0 Å². The molecule has 1 aromatic rings. The van der Waals surface area contributed by atoms with E-state index in [0.29, 0.717) is 38.0 Å². The molecule has 1 aromatic heterocycles. The van der Waals surface area contributed by atoms with Gasteiger partial charge in [0.15, 0.2) is 5.96 Å².